The quantitative estimate of drug-likeness (QED) is 0.558. The number of halogens is 1. The molecule has 0 spiro atoms. The first-order chi connectivity index (χ1) is 7.09. The maximum Gasteiger partial charge on any atom is 0.242 e. The molecule has 0 heterocycles. The summed E-state index contributed by atoms with van der Waals surface area (Å²) in [5.41, 5.74) is 10.8. The van der Waals surface area contributed by atoms with E-state index in [0.29, 0.717) is 0 Å². The van der Waals surface area contributed by atoms with Crippen LogP contribution >= 0.6 is 28.1 Å². The maximum absolute atomic E-state index is 11.4. The van der Waals surface area contributed by atoms with E-state index in [1.807, 2.05) is 24.3 Å². The van der Waals surface area contributed by atoms with Gasteiger partial charge >= 0.3 is 0 Å². The molecule has 0 aliphatic rings. The van der Waals surface area contributed by atoms with Crippen LogP contribution in [-0.4, -0.2) is 11.0 Å². The summed E-state index contributed by atoms with van der Waals surface area (Å²) in [5, 5.41) is 0.0375. The standard InChI is InChI=1S/C9H10BrN3OS/c10-7-4-2-1-3-6(7)5-8(14)12-13-9(11)15/h1-4H,5H2,(H,12,14)(H3,11,13,15). The molecule has 6 heteroatoms. The molecule has 4 N–H and O–H groups in total. The van der Waals surface area contributed by atoms with Gasteiger partial charge in [-0.05, 0) is 23.8 Å². The number of rotatable bonds is 2. The zero-order valence-electron chi connectivity index (χ0n) is 7.79. The normalized spacial score (nSPS) is 9.40. The molecule has 0 aliphatic carbocycles. The Morgan fingerprint density at radius 3 is 2.67 bits per heavy atom. The average molecular weight is 288 g/mol. The van der Waals surface area contributed by atoms with Crippen LogP contribution in [0.15, 0.2) is 28.7 Å². The Labute approximate surface area is 101 Å². The monoisotopic (exact) mass is 287 g/mol. The molecule has 0 aromatic heterocycles. The molecule has 1 aromatic carbocycles. The first-order valence-corrected chi connectivity index (χ1v) is 5.37. The molecule has 80 valence electrons. The molecular weight excluding hydrogens is 278 g/mol. The van der Waals surface area contributed by atoms with Gasteiger partial charge in [-0.15, -0.1) is 0 Å². The summed E-state index contributed by atoms with van der Waals surface area (Å²) >= 11 is 7.90. The van der Waals surface area contributed by atoms with E-state index in [1.54, 1.807) is 0 Å². The van der Waals surface area contributed by atoms with Gasteiger partial charge in [0.15, 0.2) is 5.11 Å². The molecule has 4 nitrogen and oxygen atoms in total. The Morgan fingerprint density at radius 1 is 1.40 bits per heavy atom. The minimum absolute atomic E-state index is 0.0375. The van der Waals surface area contributed by atoms with Crippen molar-refractivity contribution in [1.29, 1.82) is 0 Å². The van der Waals surface area contributed by atoms with Crippen molar-refractivity contribution in [3.8, 4) is 0 Å². The molecule has 1 amide bonds. The van der Waals surface area contributed by atoms with Crippen LogP contribution in [-0.2, 0) is 11.2 Å². The third kappa shape index (κ3) is 4.26. The highest BCUT2D eigenvalue weighted by atomic mass is 79.9. The second-order valence-electron chi connectivity index (χ2n) is 2.81. The summed E-state index contributed by atoms with van der Waals surface area (Å²) in [4.78, 5) is 11.4. The lowest BCUT2D eigenvalue weighted by Gasteiger charge is -2.07. The molecule has 1 rings (SSSR count). The number of amides is 1. The third-order valence-electron chi connectivity index (χ3n) is 1.63. The predicted octanol–water partition coefficient (Wildman–Crippen LogP) is 0.856. The second-order valence-corrected chi connectivity index (χ2v) is 4.10. The summed E-state index contributed by atoms with van der Waals surface area (Å²) < 4.78 is 0.899. The Kier molecular flexibility index (Phi) is 4.51. The zero-order chi connectivity index (χ0) is 11.3. The summed E-state index contributed by atoms with van der Waals surface area (Å²) in [5.74, 6) is -0.199. The van der Waals surface area contributed by atoms with Crippen LogP contribution in [0.4, 0.5) is 0 Å². The van der Waals surface area contributed by atoms with E-state index >= 15 is 0 Å². The Bertz CT molecular complexity index is 383. The fourth-order valence-electron chi connectivity index (χ4n) is 0.990. The van der Waals surface area contributed by atoms with Gasteiger partial charge < -0.3 is 5.73 Å². The second kappa shape index (κ2) is 5.67. The fraction of sp³-hybridized carbons (Fsp3) is 0.111. The van der Waals surface area contributed by atoms with E-state index in [4.69, 9.17) is 5.73 Å². The highest BCUT2D eigenvalue weighted by molar-refractivity contribution is 9.10. The van der Waals surface area contributed by atoms with Gasteiger partial charge in [-0.1, -0.05) is 34.1 Å². The molecule has 0 unspecified atom stereocenters. The molecule has 0 fully saturated rings. The Morgan fingerprint density at radius 2 is 2.07 bits per heavy atom. The topological polar surface area (TPSA) is 67.2 Å². The summed E-state index contributed by atoms with van der Waals surface area (Å²) in [6.07, 6.45) is 0.261. The number of nitrogens with one attached hydrogen (secondary N) is 2. The van der Waals surface area contributed by atoms with Crippen molar-refractivity contribution in [3.05, 3.63) is 34.3 Å². The van der Waals surface area contributed by atoms with Crippen LogP contribution in [0.1, 0.15) is 5.56 Å². The number of benzene rings is 1. The molecule has 0 saturated carbocycles. The van der Waals surface area contributed by atoms with Crippen LogP contribution in [0, 0.1) is 0 Å². The number of hydrazine groups is 1. The van der Waals surface area contributed by atoms with Crippen molar-refractivity contribution in [1.82, 2.24) is 10.9 Å². The molecule has 0 bridgehead atoms. The van der Waals surface area contributed by atoms with E-state index in [2.05, 4.69) is 39.0 Å². The van der Waals surface area contributed by atoms with Gasteiger partial charge in [0.2, 0.25) is 5.91 Å². The Balaban J connectivity index is 2.52. The van der Waals surface area contributed by atoms with Crippen LogP contribution in [0.25, 0.3) is 0 Å². The van der Waals surface area contributed by atoms with Crippen molar-refractivity contribution in [2.24, 2.45) is 5.73 Å². The number of thiocarbonyl (C=S) groups is 1. The van der Waals surface area contributed by atoms with E-state index in [9.17, 15) is 4.79 Å². The summed E-state index contributed by atoms with van der Waals surface area (Å²) in [6.45, 7) is 0. The number of nitrogens with two attached hydrogens (primary N) is 1. The van der Waals surface area contributed by atoms with E-state index in [0.717, 1.165) is 10.0 Å². The predicted molar refractivity (Wildman–Crippen MR) is 65.9 cm³/mol. The first-order valence-electron chi connectivity index (χ1n) is 4.17. The largest absolute Gasteiger partial charge is 0.375 e. The van der Waals surface area contributed by atoms with Gasteiger partial charge in [-0.2, -0.15) is 0 Å². The van der Waals surface area contributed by atoms with Crippen LogP contribution in [0.2, 0.25) is 0 Å². The first kappa shape index (κ1) is 11.9. The maximum atomic E-state index is 11.4. The molecule has 0 radical (unpaired) electrons. The molecular formula is C9H10BrN3OS. The van der Waals surface area contributed by atoms with Gasteiger partial charge in [0.25, 0.3) is 0 Å². The fourth-order valence-corrected chi connectivity index (χ4v) is 1.47. The van der Waals surface area contributed by atoms with Crippen molar-refractivity contribution >= 4 is 39.2 Å². The van der Waals surface area contributed by atoms with Gasteiger partial charge in [0.1, 0.15) is 0 Å². The highest BCUT2D eigenvalue weighted by Gasteiger charge is 2.05. The lowest BCUT2D eigenvalue weighted by molar-refractivity contribution is -0.121. The molecule has 0 saturated heterocycles. The smallest absolute Gasteiger partial charge is 0.242 e. The van der Waals surface area contributed by atoms with E-state index in [1.165, 1.54) is 0 Å². The summed E-state index contributed by atoms with van der Waals surface area (Å²) in [6, 6.07) is 7.50. The third-order valence-corrected chi connectivity index (χ3v) is 2.51. The van der Waals surface area contributed by atoms with Crippen molar-refractivity contribution in [3.63, 3.8) is 0 Å². The van der Waals surface area contributed by atoms with E-state index in [-0.39, 0.29) is 17.4 Å². The van der Waals surface area contributed by atoms with E-state index < -0.39 is 0 Å². The number of hydrogen-bond donors (Lipinski definition) is 3. The molecule has 1 aromatic rings. The number of hydrogen-bond acceptors (Lipinski definition) is 2. The van der Waals surface area contributed by atoms with Crippen LogP contribution < -0.4 is 16.6 Å². The van der Waals surface area contributed by atoms with Crippen molar-refractivity contribution in [2.45, 2.75) is 6.42 Å². The highest BCUT2D eigenvalue weighted by Crippen LogP contribution is 2.15. The van der Waals surface area contributed by atoms with Gasteiger partial charge in [-0.3, -0.25) is 15.6 Å². The van der Waals surface area contributed by atoms with Crippen LogP contribution in [0.5, 0.6) is 0 Å². The summed E-state index contributed by atoms with van der Waals surface area (Å²) in [7, 11) is 0. The SMILES string of the molecule is NC(=S)NNC(=O)Cc1ccccc1Br. The Hall–Kier alpha value is -1.14. The minimum Gasteiger partial charge on any atom is -0.375 e. The average Bonchev–Trinajstić information content (AvgIpc) is 2.18. The lowest BCUT2D eigenvalue weighted by atomic mass is 10.1. The van der Waals surface area contributed by atoms with Crippen LogP contribution in [0.3, 0.4) is 0 Å². The van der Waals surface area contributed by atoms with Gasteiger partial charge in [0.05, 0.1) is 6.42 Å². The zero-order valence-corrected chi connectivity index (χ0v) is 10.2. The molecule has 15 heavy (non-hydrogen) atoms. The van der Waals surface area contributed by atoms with Crippen molar-refractivity contribution < 1.29 is 4.79 Å². The molecule has 0 atom stereocenters. The van der Waals surface area contributed by atoms with Crippen molar-refractivity contribution in [2.75, 3.05) is 0 Å². The lowest BCUT2D eigenvalue weighted by Crippen LogP contribution is -2.44. The van der Waals surface area contributed by atoms with Gasteiger partial charge in [0, 0.05) is 4.47 Å². The molecule has 0 aliphatic heterocycles. The number of carbonyl (C=O) groups excluding carboxylic acids is 1. The number of carbonyl (C=O) groups is 1. The van der Waals surface area contributed by atoms with Gasteiger partial charge in [-0.25, -0.2) is 0 Å². The minimum atomic E-state index is -0.199.